The lowest BCUT2D eigenvalue weighted by atomic mass is 10.1. The van der Waals surface area contributed by atoms with Gasteiger partial charge in [0.25, 0.3) is 5.91 Å². The molecule has 1 aromatic heterocycles. The first-order valence-corrected chi connectivity index (χ1v) is 8.79. The zero-order chi connectivity index (χ0) is 17.7. The van der Waals surface area contributed by atoms with Crippen molar-refractivity contribution in [2.75, 3.05) is 39.8 Å². The van der Waals surface area contributed by atoms with Crippen LogP contribution in [0.3, 0.4) is 0 Å². The molecule has 0 aromatic carbocycles. The second-order valence-corrected chi connectivity index (χ2v) is 7.25. The minimum Gasteiger partial charge on any atom is -0.350 e. The van der Waals surface area contributed by atoms with Crippen LogP contribution in [0.5, 0.6) is 0 Å². The van der Waals surface area contributed by atoms with E-state index in [1.165, 1.54) is 6.07 Å². The molecule has 1 saturated heterocycles. The summed E-state index contributed by atoms with van der Waals surface area (Å²) in [4.78, 5) is 31.7. The van der Waals surface area contributed by atoms with Gasteiger partial charge >= 0.3 is 0 Å². The van der Waals surface area contributed by atoms with Gasteiger partial charge in [0, 0.05) is 56.1 Å². The van der Waals surface area contributed by atoms with E-state index >= 15 is 0 Å². The quantitative estimate of drug-likeness (QED) is 0.812. The third kappa shape index (κ3) is 5.46. The zero-order valence-electron chi connectivity index (χ0n) is 15.3. The van der Waals surface area contributed by atoms with Crippen LogP contribution in [0, 0.1) is 5.92 Å². The second kappa shape index (κ2) is 8.44. The molecule has 0 bridgehead atoms. The van der Waals surface area contributed by atoms with Gasteiger partial charge in [0.15, 0.2) is 0 Å². The molecule has 6 heteroatoms. The standard InChI is InChI=1S/C18H30N4O2/c1-13(2)9-16-10-15(11-17(23)20-16)18(24)19-12-14(3)22-7-5-21(4)6-8-22/h10-11,13-14H,5-9,12H2,1-4H3,(H,19,24)(H,20,23)/t14-/m0/s1. The molecule has 1 aliphatic rings. The van der Waals surface area contributed by atoms with Crippen LogP contribution < -0.4 is 10.9 Å². The van der Waals surface area contributed by atoms with Gasteiger partial charge in [0.05, 0.1) is 0 Å². The van der Waals surface area contributed by atoms with Crippen LogP contribution in [-0.2, 0) is 6.42 Å². The first-order chi connectivity index (χ1) is 11.3. The molecule has 6 nitrogen and oxygen atoms in total. The van der Waals surface area contributed by atoms with Gasteiger partial charge in [-0.3, -0.25) is 14.5 Å². The minimum atomic E-state index is -0.217. The van der Waals surface area contributed by atoms with E-state index < -0.39 is 0 Å². The molecule has 0 unspecified atom stereocenters. The van der Waals surface area contributed by atoms with E-state index in [4.69, 9.17) is 0 Å². The maximum absolute atomic E-state index is 12.4. The number of nitrogens with zero attached hydrogens (tertiary/aromatic N) is 2. The average molecular weight is 334 g/mol. The summed E-state index contributed by atoms with van der Waals surface area (Å²) in [5.41, 5.74) is 1.04. The lowest BCUT2D eigenvalue weighted by molar-refractivity contribution is 0.0903. The third-order valence-corrected chi connectivity index (χ3v) is 4.51. The summed E-state index contributed by atoms with van der Waals surface area (Å²) in [7, 11) is 2.13. The SMILES string of the molecule is CC(C)Cc1cc(C(=O)NC[C@H](C)N2CCN(C)CC2)cc(=O)[nH]1. The van der Waals surface area contributed by atoms with Crippen molar-refractivity contribution in [3.63, 3.8) is 0 Å². The van der Waals surface area contributed by atoms with E-state index in [0.717, 1.165) is 38.3 Å². The van der Waals surface area contributed by atoms with Gasteiger partial charge in [-0.25, -0.2) is 0 Å². The van der Waals surface area contributed by atoms with Gasteiger partial charge in [-0.15, -0.1) is 0 Å². The Hall–Kier alpha value is -1.66. The number of aromatic amines is 1. The number of hydrogen-bond donors (Lipinski definition) is 2. The normalized spacial score (nSPS) is 17.9. The van der Waals surface area contributed by atoms with Crippen molar-refractivity contribution in [3.8, 4) is 0 Å². The van der Waals surface area contributed by atoms with Gasteiger partial charge in [-0.1, -0.05) is 13.8 Å². The van der Waals surface area contributed by atoms with Crippen LogP contribution in [0.4, 0.5) is 0 Å². The number of nitrogens with one attached hydrogen (secondary N) is 2. The highest BCUT2D eigenvalue weighted by Gasteiger charge is 2.19. The van der Waals surface area contributed by atoms with Gasteiger partial charge in [-0.05, 0) is 32.4 Å². The molecule has 2 N–H and O–H groups in total. The second-order valence-electron chi connectivity index (χ2n) is 7.25. The number of likely N-dealkylation sites (N-methyl/N-ethyl adjacent to an activating group) is 1. The van der Waals surface area contributed by atoms with E-state index in [-0.39, 0.29) is 11.5 Å². The molecular weight excluding hydrogens is 304 g/mol. The summed E-state index contributed by atoms with van der Waals surface area (Å²) in [5, 5.41) is 2.97. The summed E-state index contributed by atoms with van der Waals surface area (Å²) >= 11 is 0. The highest BCUT2D eigenvalue weighted by atomic mass is 16.2. The molecule has 1 amide bonds. The largest absolute Gasteiger partial charge is 0.350 e. The average Bonchev–Trinajstić information content (AvgIpc) is 2.51. The number of rotatable bonds is 6. The van der Waals surface area contributed by atoms with E-state index in [1.807, 2.05) is 0 Å². The predicted molar refractivity (Wildman–Crippen MR) is 96.5 cm³/mol. The molecule has 2 rings (SSSR count). The molecule has 1 atom stereocenters. The van der Waals surface area contributed by atoms with Crippen LogP contribution in [0.1, 0.15) is 36.8 Å². The molecule has 1 aromatic rings. The van der Waals surface area contributed by atoms with Crippen molar-refractivity contribution in [1.82, 2.24) is 20.1 Å². The van der Waals surface area contributed by atoms with Crippen LogP contribution >= 0.6 is 0 Å². The highest BCUT2D eigenvalue weighted by Crippen LogP contribution is 2.07. The smallest absolute Gasteiger partial charge is 0.251 e. The molecule has 24 heavy (non-hydrogen) atoms. The molecule has 1 aliphatic heterocycles. The fourth-order valence-electron chi connectivity index (χ4n) is 3.02. The van der Waals surface area contributed by atoms with E-state index in [0.29, 0.717) is 24.1 Å². The van der Waals surface area contributed by atoms with Crippen LogP contribution in [0.2, 0.25) is 0 Å². The van der Waals surface area contributed by atoms with Crippen molar-refractivity contribution in [2.45, 2.75) is 33.2 Å². The number of amides is 1. The Morgan fingerprint density at radius 1 is 1.21 bits per heavy atom. The molecule has 134 valence electrons. The summed E-state index contributed by atoms with van der Waals surface area (Å²) in [5.74, 6) is 0.253. The Morgan fingerprint density at radius 2 is 1.88 bits per heavy atom. The van der Waals surface area contributed by atoms with Crippen LogP contribution in [0.25, 0.3) is 0 Å². The van der Waals surface area contributed by atoms with E-state index in [1.54, 1.807) is 6.07 Å². The molecule has 0 radical (unpaired) electrons. The summed E-state index contributed by atoms with van der Waals surface area (Å²) < 4.78 is 0. The number of carbonyl (C=O) groups is 1. The van der Waals surface area contributed by atoms with Crippen molar-refractivity contribution >= 4 is 5.91 Å². The fourth-order valence-corrected chi connectivity index (χ4v) is 3.02. The summed E-state index contributed by atoms with van der Waals surface area (Å²) in [6, 6.07) is 3.46. The Labute approximate surface area is 144 Å². The minimum absolute atomic E-state index is 0.174. The van der Waals surface area contributed by atoms with E-state index in [2.05, 4.69) is 47.9 Å². The maximum atomic E-state index is 12.4. The molecule has 1 fully saturated rings. The number of hydrogen-bond acceptors (Lipinski definition) is 4. The van der Waals surface area contributed by atoms with E-state index in [9.17, 15) is 9.59 Å². The molecule has 0 aliphatic carbocycles. The van der Waals surface area contributed by atoms with Gasteiger partial charge in [0.1, 0.15) is 0 Å². The zero-order valence-corrected chi connectivity index (χ0v) is 15.3. The fraction of sp³-hybridized carbons (Fsp3) is 0.667. The summed E-state index contributed by atoms with van der Waals surface area (Å²) in [6.07, 6.45) is 0.758. The summed E-state index contributed by atoms with van der Waals surface area (Å²) in [6.45, 7) is 11.1. The number of piperazine rings is 1. The lowest BCUT2D eigenvalue weighted by Gasteiger charge is -2.36. The third-order valence-electron chi connectivity index (χ3n) is 4.51. The Kier molecular flexibility index (Phi) is 6.57. The Bertz CT molecular complexity index is 603. The Morgan fingerprint density at radius 3 is 2.50 bits per heavy atom. The van der Waals surface area contributed by atoms with Crippen molar-refractivity contribution in [1.29, 1.82) is 0 Å². The molecular formula is C18H30N4O2. The lowest BCUT2D eigenvalue weighted by Crippen LogP contribution is -2.51. The first-order valence-electron chi connectivity index (χ1n) is 8.79. The molecule has 0 saturated carbocycles. The predicted octanol–water partition coefficient (Wildman–Crippen LogP) is 0.939. The highest BCUT2D eigenvalue weighted by molar-refractivity contribution is 5.94. The van der Waals surface area contributed by atoms with Crippen LogP contribution in [0.15, 0.2) is 16.9 Å². The molecule has 0 spiro atoms. The number of pyridine rings is 1. The first kappa shape index (κ1) is 18.7. The van der Waals surface area contributed by atoms with Gasteiger partial charge in [-0.2, -0.15) is 0 Å². The van der Waals surface area contributed by atoms with Crippen molar-refractivity contribution in [2.24, 2.45) is 5.92 Å². The number of H-pyrrole nitrogens is 1. The maximum Gasteiger partial charge on any atom is 0.251 e. The van der Waals surface area contributed by atoms with Gasteiger partial charge in [0.2, 0.25) is 5.56 Å². The number of aromatic nitrogens is 1. The Balaban J connectivity index is 1.92. The topological polar surface area (TPSA) is 68.4 Å². The van der Waals surface area contributed by atoms with Crippen molar-refractivity contribution in [3.05, 3.63) is 33.7 Å². The van der Waals surface area contributed by atoms with Gasteiger partial charge < -0.3 is 15.2 Å². The monoisotopic (exact) mass is 334 g/mol. The number of carbonyl (C=O) groups excluding carboxylic acids is 1. The van der Waals surface area contributed by atoms with Crippen molar-refractivity contribution < 1.29 is 4.79 Å². The van der Waals surface area contributed by atoms with Crippen LogP contribution in [-0.4, -0.2) is 66.5 Å². The molecule has 2 heterocycles.